The zero-order valence-corrected chi connectivity index (χ0v) is 17.9. The number of fused-ring (bicyclic) bond motifs is 2. The molecule has 0 radical (unpaired) electrons. The zero-order chi connectivity index (χ0) is 20.9. The molecular formula is C23H29N5O2. The Balaban J connectivity index is 1.25. The Bertz CT molecular complexity index is 982. The van der Waals surface area contributed by atoms with Gasteiger partial charge in [0.15, 0.2) is 0 Å². The lowest BCUT2D eigenvalue weighted by atomic mass is 9.99. The maximum absolute atomic E-state index is 11.9. The number of anilines is 1. The van der Waals surface area contributed by atoms with Gasteiger partial charge in [0.1, 0.15) is 11.4 Å². The Morgan fingerprint density at radius 2 is 2.00 bits per heavy atom. The van der Waals surface area contributed by atoms with Crippen LogP contribution in [0.4, 0.5) is 5.95 Å². The van der Waals surface area contributed by atoms with Gasteiger partial charge >= 0.3 is 0 Å². The molecule has 1 atom stereocenters. The molecule has 30 heavy (non-hydrogen) atoms. The Kier molecular flexibility index (Phi) is 4.65. The number of nitrogens with one attached hydrogen (secondary N) is 1. The van der Waals surface area contributed by atoms with Crippen LogP contribution in [0, 0.1) is 0 Å². The molecule has 1 N–H and O–H groups in total. The average molecular weight is 408 g/mol. The van der Waals surface area contributed by atoms with Gasteiger partial charge in [-0.25, -0.2) is 9.97 Å². The summed E-state index contributed by atoms with van der Waals surface area (Å²) >= 11 is 0. The van der Waals surface area contributed by atoms with Gasteiger partial charge in [-0.2, -0.15) is 0 Å². The molecule has 4 heterocycles. The SMILES string of the molecule is CC(c1ccc2c(c1)OC(C)(C)C2)N1CCN(c2ncc3c(n2)CCNC3=O)CC1. The van der Waals surface area contributed by atoms with Crippen molar-refractivity contribution in [3.8, 4) is 5.75 Å². The van der Waals surface area contributed by atoms with Crippen molar-refractivity contribution < 1.29 is 9.53 Å². The van der Waals surface area contributed by atoms with Gasteiger partial charge in [0.25, 0.3) is 5.91 Å². The van der Waals surface area contributed by atoms with E-state index in [2.05, 4.69) is 64.1 Å². The van der Waals surface area contributed by atoms with E-state index in [-0.39, 0.29) is 11.5 Å². The number of nitrogens with zero attached hydrogens (tertiary/aromatic N) is 4. The molecule has 3 aliphatic heterocycles. The molecular weight excluding hydrogens is 378 g/mol. The number of benzene rings is 1. The van der Waals surface area contributed by atoms with Gasteiger partial charge in [0.05, 0.1) is 11.3 Å². The normalized spacial score (nSPS) is 21.4. The average Bonchev–Trinajstić information content (AvgIpc) is 3.06. The molecule has 1 aromatic heterocycles. The van der Waals surface area contributed by atoms with Gasteiger partial charge in [0.2, 0.25) is 5.95 Å². The Labute approximate surface area is 177 Å². The molecule has 0 aliphatic carbocycles. The van der Waals surface area contributed by atoms with Crippen molar-refractivity contribution in [2.24, 2.45) is 0 Å². The molecule has 0 saturated carbocycles. The summed E-state index contributed by atoms with van der Waals surface area (Å²) in [6, 6.07) is 7.03. The summed E-state index contributed by atoms with van der Waals surface area (Å²) in [5, 5.41) is 2.84. The first-order valence-electron chi connectivity index (χ1n) is 10.8. The molecule has 7 nitrogen and oxygen atoms in total. The minimum absolute atomic E-state index is 0.0665. The molecule has 1 saturated heterocycles. The predicted octanol–water partition coefficient (Wildman–Crippen LogP) is 2.36. The standard InChI is InChI=1S/C23H29N5O2/c1-15(16-4-5-17-13-23(2,3)30-20(17)12-16)27-8-10-28(11-9-27)22-25-14-18-19(26-22)6-7-24-21(18)29/h4-5,12,14-15H,6-11,13H2,1-3H3,(H,24,29). The van der Waals surface area contributed by atoms with Crippen molar-refractivity contribution in [1.82, 2.24) is 20.2 Å². The molecule has 0 bridgehead atoms. The van der Waals surface area contributed by atoms with E-state index < -0.39 is 0 Å². The number of piperazine rings is 1. The first-order valence-corrected chi connectivity index (χ1v) is 10.8. The van der Waals surface area contributed by atoms with Gasteiger partial charge in [-0.3, -0.25) is 9.69 Å². The van der Waals surface area contributed by atoms with Crippen molar-refractivity contribution in [1.29, 1.82) is 0 Å². The summed E-state index contributed by atoms with van der Waals surface area (Å²) < 4.78 is 6.13. The largest absolute Gasteiger partial charge is 0.487 e. The number of amides is 1. The zero-order valence-electron chi connectivity index (χ0n) is 17.9. The van der Waals surface area contributed by atoms with Gasteiger partial charge in [-0.1, -0.05) is 12.1 Å². The van der Waals surface area contributed by atoms with Crippen LogP contribution in [-0.4, -0.2) is 59.1 Å². The maximum atomic E-state index is 11.9. The monoisotopic (exact) mass is 407 g/mol. The Morgan fingerprint density at radius 3 is 2.80 bits per heavy atom. The smallest absolute Gasteiger partial charge is 0.254 e. The lowest BCUT2D eigenvalue weighted by Gasteiger charge is -2.38. The van der Waals surface area contributed by atoms with E-state index in [9.17, 15) is 4.79 Å². The van der Waals surface area contributed by atoms with E-state index >= 15 is 0 Å². The molecule has 3 aliphatic rings. The number of ether oxygens (including phenoxy) is 1. The quantitative estimate of drug-likeness (QED) is 0.842. The van der Waals surface area contributed by atoms with Crippen LogP contribution in [0.25, 0.3) is 0 Å². The summed E-state index contributed by atoms with van der Waals surface area (Å²) in [6.07, 6.45) is 3.41. The van der Waals surface area contributed by atoms with Crippen LogP contribution in [0.3, 0.4) is 0 Å². The van der Waals surface area contributed by atoms with E-state index in [1.807, 2.05) is 0 Å². The number of carbonyl (C=O) groups excluding carboxylic acids is 1. The fraction of sp³-hybridized carbons (Fsp3) is 0.522. The van der Waals surface area contributed by atoms with Crippen molar-refractivity contribution in [3.05, 3.63) is 46.8 Å². The third-order valence-electron chi connectivity index (χ3n) is 6.47. The number of rotatable bonds is 3. The summed E-state index contributed by atoms with van der Waals surface area (Å²) in [6.45, 7) is 10.9. The third-order valence-corrected chi connectivity index (χ3v) is 6.47. The molecule has 7 heteroatoms. The van der Waals surface area contributed by atoms with Crippen LogP contribution in [0.5, 0.6) is 5.75 Å². The minimum Gasteiger partial charge on any atom is -0.487 e. The number of aromatic nitrogens is 2. The Morgan fingerprint density at radius 1 is 1.20 bits per heavy atom. The molecule has 0 spiro atoms. The fourth-order valence-electron chi connectivity index (χ4n) is 4.71. The third kappa shape index (κ3) is 3.51. The van der Waals surface area contributed by atoms with Crippen molar-refractivity contribution in [3.63, 3.8) is 0 Å². The highest BCUT2D eigenvalue weighted by molar-refractivity contribution is 5.96. The topological polar surface area (TPSA) is 70.6 Å². The van der Waals surface area contributed by atoms with Gasteiger partial charge in [-0.05, 0) is 38.0 Å². The second-order valence-corrected chi connectivity index (χ2v) is 9.14. The second kappa shape index (κ2) is 7.23. The van der Waals surface area contributed by atoms with Crippen LogP contribution in [0.1, 0.15) is 54.0 Å². The number of carbonyl (C=O) groups is 1. The molecule has 1 aromatic carbocycles. The van der Waals surface area contributed by atoms with E-state index in [4.69, 9.17) is 4.74 Å². The van der Waals surface area contributed by atoms with Crippen LogP contribution >= 0.6 is 0 Å². The van der Waals surface area contributed by atoms with Crippen LogP contribution in [-0.2, 0) is 12.8 Å². The van der Waals surface area contributed by atoms with E-state index in [1.54, 1.807) is 6.20 Å². The highest BCUT2D eigenvalue weighted by atomic mass is 16.5. The fourth-order valence-corrected chi connectivity index (χ4v) is 4.71. The summed E-state index contributed by atoms with van der Waals surface area (Å²) in [5.74, 6) is 1.71. The molecule has 1 amide bonds. The van der Waals surface area contributed by atoms with Crippen LogP contribution in [0.2, 0.25) is 0 Å². The van der Waals surface area contributed by atoms with Gasteiger partial charge in [-0.15, -0.1) is 0 Å². The highest BCUT2D eigenvalue weighted by Gasteiger charge is 2.31. The first-order chi connectivity index (χ1) is 14.4. The lowest BCUT2D eigenvalue weighted by molar-refractivity contribution is 0.0944. The van der Waals surface area contributed by atoms with E-state index in [0.717, 1.165) is 56.4 Å². The summed E-state index contributed by atoms with van der Waals surface area (Å²) in [7, 11) is 0. The highest BCUT2D eigenvalue weighted by Crippen LogP contribution is 2.37. The lowest BCUT2D eigenvalue weighted by Crippen LogP contribution is -2.48. The predicted molar refractivity (Wildman–Crippen MR) is 115 cm³/mol. The maximum Gasteiger partial charge on any atom is 0.254 e. The van der Waals surface area contributed by atoms with Crippen molar-refractivity contribution in [2.75, 3.05) is 37.6 Å². The molecule has 2 aromatic rings. The van der Waals surface area contributed by atoms with Crippen LogP contribution in [0.15, 0.2) is 24.4 Å². The summed E-state index contributed by atoms with van der Waals surface area (Å²) in [4.78, 5) is 25.8. The summed E-state index contributed by atoms with van der Waals surface area (Å²) in [5.41, 5.74) is 3.97. The van der Waals surface area contributed by atoms with Gasteiger partial charge in [0, 0.05) is 57.8 Å². The first kappa shape index (κ1) is 19.3. The molecule has 5 rings (SSSR count). The van der Waals surface area contributed by atoms with E-state index in [0.29, 0.717) is 18.2 Å². The van der Waals surface area contributed by atoms with Crippen molar-refractivity contribution >= 4 is 11.9 Å². The minimum atomic E-state index is -0.106. The van der Waals surface area contributed by atoms with E-state index in [1.165, 1.54) is 11.1 Å². The molecule has 1 fully saturated rings. The second-order valence-electron chi connectivity index (χ2n) is 9.14. The number of hydrogen-bond acceptors (Lipinski definition) is 6. The number of hydrogen-bond donors (Lipinski definition) is 1. The molecule has 158 valence electrons. The van der Waals surface area contributed by atoms with Crippen LogP contribution < -0.4 is 15.0 Å². The molecule has 1 unspecified atom stereocenters. The Hall–Kier alpha value is -2.67. The van der Waals surface area contributed by atoms with Gasteiger partial charge < -0.3 is 15.0 Å². The van der Waals surface area contributed by atoms with Crippen molar-refractivity contribution in [2.45, 2.75) is 45.3 Å².